The first kappa shape index (κ1) is 24.4. The SMILES string of the molecule is CC.COCCOc1ccc(-c2nc(-c3cccc4c3CCC4NCCO)no2)cc1C#N. The predicted octanol–water partition coefficient (Wildman–Crippen LogP) is 3.90. The molecular weight excluding hydrogens is 420 g/mol. The molecule has 0 bridgehead atoms. The molecule has 2 N–H and O–H groups in total. The summed E-state index contributed by atoms with van der Waals surface area (Å²) in [6, 6.07) is 13.7. The summed E-state index contributed by atoms with van der Waals surface area (Å²) in [5, 5.41) is 26.1. The third-order valence-electron chi connectivity index (χ3n) is 5.33. The van der Waals surface area contributed by atoms with E-state index in [4.69, 9.17) is 19.1 Å². The zero-order chi connectivity index (χ0) is 23.6. The Morgan fingerprint density at radius 1 is 1.24 bits per heavy atom. The number of benzene rings is 2. The van der Waals surface area contributed by atoms with Crippen LogP contribution in [0.5, 0.6) is 5.75 Å². The van der Waals surface area contributed by atoms with E-state index in [1.807, 2.05) is 26.0 Å². The molecule has 2 aromatic carbocycles. The highest BCUT2D eigenvalue weighted by atomic mass is 16.5. The van der Waals surface area contributed by atoms with Crippen molar-refractivity contribution >= 4 is 0 Å². The van der Waals surface area contributed by atoms with Crippen LogP contribution in [0, 0.1) is 11.3 Å². The third-order valence-corrected chi connectivity index (χ3v) is 5.33. The summed E-state index contributed by atoms with van der Waals surface area (Å²) in [5.74, 6) is 1.36. The fourth-order valence-electron chi connectivity index (χ4n) is 3.88. The summed E-state index contributed by atoms with van der Waals surface area (Å²) in [4.78, 5) is 4.59. The van der Waals surface area contributed by atoms with Gasteiger partial charge >= 0.3 is 0 Å². The number of fused-ring (bicyclic) bond motifs is 1. The Balaban J connectivity index is 0.00000149. The monoisotopic (exact) mass is 450 g/mol. The minimum atomic E-state index is 0.112. The molecule has 1 unspecified atom stereocenters. The molecule has 33 heavy (non-hydrogen) atoms. The highest BCUT2D eigenvalue weighted by molar-refractivity contribution is 5.67. The van der Waals surface area contributed by atoms with Gasteiger partial charge < -0.3 is 24.4 Å². The molecule has 0 saturated heterocycles. The van der Waals surface area contributed by atoms with Gasteiger partial charge in [-0.05, 0) is 42.2 Å². The fraction of sp³-hybridized carbons (Fsp3) is 0.400. The van der Waals surface area contributed by atoms with E-state index in [1.165, 1.54) is 11.1 Å². The summed E-state index contributed by atoms with van der Waals surface area (Å²) < 4.78 is 16.1. The van der Waals surface area contributed by atoms with Crippen molar-refractivity contribution in [3.8, 4) is 34.7 Å². The van der Waals surface area contributed by atoms with Crippen LogP contribution in [0.3, 0.4) is 0 Å². The van der Waals surface area contributed by atoms with Gasteiger partial charge in [-0.25, -0.2) is 0 Å². The maximum absolute atomic E-state index is 9.47. The Labute approximate surface area is 194 Å². The second kappa shape index (κ2) is 12.1. The van der Waals surface area contributed by atoms with E-state index in [2.05, 4.69) is 27.6 Å². The summed E-state index contributed by atoms with van der Waals surface area (Å²) in [6.45, 7) is 5.48. The maximum Gasteiger partial charge on any atom is 0.258 e. The molecule has 174 valence electrons. The molecule has 8 heteroatoms. The molecule has 0 radical (unpaired) electrons. The van der Waals surface area contributed by atoms with Gasteiger partial charge in [0.2, 0.25) is 5.82 Å². The number of nitrogens with one attached hydrogen (secondary N) is 1. The lowest BCUT2D eigenvalue weighted by atomic mass is 10.0. The minimum Gasteiger partial charge on any atom is -0.490 e. The highest BCUT2D eigenvalue weighted by Crippen LogP contribution is 2.37. The van der Waals surface area contributed by atoms with Gasteiger partial charge in [-0.1, -0.05) is 37.2 Å². The lowest BCUT2D eigenvalue weighted by Crippen LogP contribution is -2.22. The standard InChI is InChI=1S/C23H24N4O4.C2H6/c1-29-11-12-30-21-8-5-15(13-16(21)14-24)23-26-22(27-31-23)19-4-2-3-18-17(19)6-7-20(18)25-9-10-28;1-2/h2-5,8,13,20,25,28H,6-7,9-12H2,1H3;1-2H3. The molecule has 0 aliphatic heterocycles. The first-order valence-corrected chi connectivity index (χ1v) is 11.2. The maximum atomic E-state index is 9.47. The van der Waals surface area contributed by atoms with Crippen LogP contribution < -0.4 is 10.1 Å². The highest BCUT2D eigenvalue weighted by Gasteiger charge is 2.26. The second-order valence-corrected chi connectivity index (χ2v) is 7.23. The molecule has 8 nitrogen and oxygen atoms in total. The number of nitriles is 1. The van der Waals surface area contributed by atoms with E-state index in [1.54, 1.807) is 25.3 Å². The van der Waals surface area contributed by atoms with Crippen LogP contribution in [-0.4, -0.2) is 48.7 Å². The van der Waals surface area contributed by atoms with Crippen LogP contribution in [0.4, 0.5) is 0 Å². The normalized spacial score (nSPS) is 14.2. The Bertz CT molecular complexity index is 1090. The van der Waals surface area contributed by atoms with E-state index < -0.39 is 0 Å². The van der Waals surface area contributed by atoms with E-state index >= 15 is 0 Å². The molecular formula is C25H30N4O4. The molecule has 4 rings (SSSR count). The van der Waals surface area contributed by atoms with Crippen LogP contribution in [-0.2, 0) is 11.2 Å². The summed E-state index contributed by atoms with van der Waals surface area (Å²) in [5.41, 5.74) is 4.41. The van der Waals surface area contributed by atoms with Crippen LogP contribution in [0.25, 0.3) is 22.8 Å². The minimum absolute atomic E-state index is 0.112. The van der Waals surface area contributed by atoms with Crippen molar-refractivity contribution in [2.75, 3.05) is 33.5 Å². The number of aliphatic hydroxyl groups is 1. The van der Waals surface area contributed by atoms with Crippen molar-refractivity contribution in [3.05, 3.63) is 53.1 Å². The average Bonchev–Trinajstić information content (AvgIpc) is 3.52. The van der Waals surface area contributed by atoms with Crippen LogP contribution in [0.15, 0.2) is 40.9 Å². The summed E-state index contributed by atoms with van der Waals surface area (Å²) in [7, 11) is 1.60. The topological polar surface area (TPSA) is 113 Å². The van der Waals surface area contributed by atoms with Crippen LogP contribution in [0.1, 0.15) is 43.0 Å². The lowest BCUT2D eigenvalue weighted by Gasteiger charge is -2.13. The first-order chi connectivity index (χ1) is 16.2. The second-order valence-electron chi connectivity index (χ2n) is 7.23. The molecule has 1 aliphatic rings. The van der Waals surface area contributed by atoms with E-state index in [9.17, 15) is 5.26 Å². The van der Waals surface area contributed by atoms with Gasteiger partial charge in [0.1, 0.15) is 18.4 Å². The van der Waals surface area contributed by atoms with Gasteiger partial charge in [-0.15, -0.1) is 0 Å². The van der Waals surface area contributed by atoms with E-state index in [0.29, 0.717) is 48.4 Å². The number of rotatable bonds is 9. The molecule has 0 amide bonds. The zero-order valence-corrected chi connectivity index (χ0v) is 19.3. The van der Waals surface area contributed by atoms with Crippen molar-refractivity contribution in [2.24, 2.45) is 0 Å². The Hall–Kier alpha value is -3.25. The van der Waals surface area contributed by atoms with Crippen molar-refractivity contribution in [1.82, 2.24) is 15.5 Å². The average molecular weight is 451 g/mol. The van der Waals surface area contributed by atoms with Crippen molar-refractivity contribution < 1.29 is 19.1 Å². The zero-order valence-electron chi connectivity index (χ0n) is 19.3. The lowest BCUT2D eigenvalue weighted by molar-refractivity contribution is 0.146. The summed E-state index contributed by atoms with van der Waals surface area (Å²) in [6.07, 6.45) is 1.87. The number of hydrogen-bond donors (Lipinski definition) is 2. The van der Waals surface area contributed by atoms with Crippen LogP contribution >= 0.6 is 0 Å². The number of methoxy groups -OCH3 is 1. The smallest absolute Gasteiger partial charge is 0.258 e. The number of ether oxygens (including phenoxy) is 2. The number of aliphatic hydroxyl groups excluding tert-OH is 1. The van der Waals surface area contributed by atoms with Gasteiger partial charge in [-0.2, -0.15) is 10.2 Å². The predicted molar refractivity (Wildman–Crippen MR) is 125 cm³/mol. The van der Waals surface area contributed by atoms with Gasteiger partial charge in [0.05, 0.1) is 18.8 Å². The molecule has 1 aliphatic carbocycles. The number of hydrogen-bond acceptors (Lipinski definition) is 8. The Morgan fingerprint density at radius 2 is 2.09 bits per heavy atom. The van der Waals surface area contributed by atoms with Gasteiger partial charge in [-0.3, -0.25) is 0 Å². The van der Waals surface area contributed by atoms with Crippen molar-refractivity contribution in [3.63, 3.8) is 0 Å². The van der Waals surface area contributed by atoms with Crippen LogP contribution in [0.2, 0.25) is 0 Å². The molecule has 3 aromatic rings. The third kappa shape index (κ3) is 5.57. The number of aromatic nitrogens is 2. The van der Waals surface area contributed by atoms with E-state index in [0.717, 1.165) is 18.4 Å². The quantitative estimate of drug-likeness (QED) is 0.472. The Kier molecular flexibility index (Phi) is 8.95. The molecule has 1 aromatic heterocycles. The van der Waals surface area contributed by atoms with Gasteiger partial charge in [0.15, 0.2) is 0 Å². The number of nitrogens with zero attached hydrogens (tertiary/aromatic N) is 3. The molecule has 0 fully saturated rings. The van der Waals surface area contributed by atoms with Gasteiger partial charge in [0, 0.05) is 30.8 Å². The van der Waals surface area contributed by atoms with Gasteiger partial charge in [0.25, 0.3) is 5.89 Å². The Morgan fingerprint density at radius 3 is 2.85 bits per heavy atom. The largest absolute Gasteiger partial charge is 0.490 e. The molecule has 0 spiro atoms. The summed E-state index contributed by atoms with van der Waals surface area (Å²) >= 11 is 0. The van der Waals surface area contributed by atoms with E-state index in [-0.39, 0.29) is 12.6 Å². The van der Waals surface area contributed by atoms with Crippen molar-refractivity contribution in [1.29, 1.82) is 5.26 Å². The fourth-order valence-corrected chi connectivity index (χ4v) is 3.88. The molecule has 1 atom stereocenters. The molecule has 1 heterocycles. The molecule has 0 saturated carbocycles. The first-order valence-electron chi connectivity index (χ1n) is 11.2. The van der Waals surface area contributed by atoms with Crippen molar-refractivity contribution in [2.45, 2.75) is 32.7 Å².